The molecule has 0 bridgehead atoms. The van der Waals surface area contributed by atoms with Gasteiger partial charge < -0.3 is 42.1 Å². The Kier molecular flexibility index (Phi) is 18.5. The Labute approximate surface area is 339 Å². The molecule has 0 atom stereocenters. The van der Waals surface area contributed by atoms with Crippen molar-refractivity contribution in [3.05, 3.63) is 96.6 Å². The van der Waals surface area contributed by atoms with Crippen LogP contribution in [0, 0.1) is 0 Å². The van der Waals surface area contributed by atoms with Gasteiger partial charge in [-0.1, -0.05) is 72.8 Å². The van der Waals surface area contributed by atoms with Crippen LogP contribution in [0.25, 0.3) is 32.3 Å². The molecule has 0 saturated carbocycles. The number of hydrogen-bond donors (Lipinski definition) is 7. The van der Waals surface area contributed by atoms with E-state index >= 15 is 0 Å². The van der Waals surface area contributed by atoms with Crippen LogP contribution in [0.4, 0.5) is 5.69 Å². The Balaban J connectivity index is 0.000000179. The number of alkyl halides is 1. The van der Waals surface area contributed by atoms with Gasteiger partial charge in [0, 0.05) is 141 Å². The molecule has 0 spiro atoms. The van der Waals surface area contributed by atoms with Gasteiger partial charge in [0.2, 0.25) is 10.0 Å². The molecular weight excluding hydrogens is 742 g/mol. The van der Waals surface area contributed by atoms with Gasteiger partial charge in [-0.25, -0.2) is 8.42 Å². The highest BCUT2D eigenvalue weighted by Crippen LogP contribution is 2.32. The molecule has 0 aromatic heterocycles. The maximum absolute atomic E-state index is 13.5. The largest absolute Gasteiger partial charge is 0.377 e. The van der Waals surface area contributed by atoms with E-state index in [4.69, 9.17) is 11.6 Å². The molecule has 56 heavy (non-hydrogen) atoms. The third kappa shape index (κ3) is 12.8. The van der Waals surface area contributed by atoms with Crippen molar-refractivity contribution < 1.29 is 8.42 Å². The number of rotatable bonds is 4. The predicted octanol–water partition coefficient (Wildman–Crippen LogP) is 3.77. The quantitative estimate of drug-likeness (QED) is 0.107. The molecule has 2 aliphatic rings. The summed E-state index contributed by atoms with van der Waals surface area (Å²) in [5.74, 6) is 0.557. The van der Waals surface area contributed by atoms with Crippen molar-refractivity contribution in [1.82, 2.24) is 41.5 Å². The van der Waals surface area contributed by atoms with E-state index < -0.39 is 10.0 Å². The van der Waals surface area contributed by atoms with Crippen molar-refractivity contribution in [2.45, 2.75) is 10.8 Å². The van der Waals surface area contributed by atoms with Crippen molar-refractivity contribution in [1.29, 1.82) is 0 Å². The summed E-state index contributed by atoms with van der Waals surface area (Å²) in [6, 6.07) is 30.4. The Hall–Kier alpha value is -3.40. The molecule has 2 aliphatic heterocycles. The van der Waals surface area contributed by atoms with E-state index in [-0.39, 0.29) is 0 Å². The second-order valence-electron chi connectivity index (χ2n) is 14.1. The molecule has 2 heterocycles. The van der Waals surface area contributed by atoms with Gasteiger partial charge in [-0.05, 0) is 45.3 Å². The van der Waals surface area contributed by atoms with Crippen molar-refractivity contribution in [2.75, 3.05) is 124 Å². The first-order valence-corrected chi connectivity index (χ1v) is 22.0. The number of nitrogens with one attached hydrogen (secondary N) is 7. The topological polar surface area (TPSA) is 125 Å². The predicted molar refractivity (Wildman–Crippen MR) is 238 cm³/mol. The fourth-order valence-corrected chi connectivity index (χ4v) is 8.90. The van der Waals surface area contributed by atoms with E-state index in [1.807, 2.05) is 49.3 Å². The standard InChI is InChI=1S/C20H31N5O2S.C15H11Cl.C8H20N4/c1-24(2)19-7-3-6-18-17(19)5-4-8-20(18)28(26,27)25-15-13-22-11-9-21-10-12-23-14-16-25;16-10-15-13-7-3-1-5-11(13)9-12-6-2-4-8-14(12)15;1-2-10-5-6-12-8-7-11-4-3-9-1/h3-8,21-23H,9-16H2,1-2H3;1-9H,10H2;9-12H,1-8H2. The number of fused-ring (bicyclic) bond motifs is 3. The minimum Gasteiger partial charge on any atom is -0.377 e. The third-order valence-electron chi connectivity index (χ3n) is 9.92. The minimum absolute atomic E-state index is 0.377. The van der Waals surface area contributed by atoms with Crippen LogP contribution in [0.1, 0.15) is 5.56 Å². The van der Waals surface area contributed by atoms with E-state index in [9.17, 15) is 8.42 Å². The SMILES string of the molecule is C1CNCCNCCNCCN1.CN(C)c1cccc2c(S(=O)(=O)N3CCNCCNCCNCC3)cccc12.ClCc1c2ccccc2cc2ccccc12. The van der Waals surface area contributed by atoms with Crippen molar-refractivity contribution in [3.8, 4) is 0 Å². The van der Waals surface area contributed by atoms with Gasteiger partial charge in [0.05, 0.1) is 4.90 Å². The molecule has 5 aromatic carbocycles. The smallest absolute Gasteiger partial charge is 0.243 e. The fraction of sp³-hybridized carbons (Fsp3) is 0.442. The summed E-state index contributed by atoms with van der Waals surface area (Å²) < 4.78 is 28.7. The van der Waals surface area contributed by atoms with Gasteiger partial charge >= 0.3 is 0 Å². The van der Waals surface area contributed by atoms with Gasteiger partial charge in [-0.15, -0.1) is 11.6 Å². The van der Waals surface area contributed by atoms with Crippen LogP contribution in [-0.2, 0) is 15.9 Å². The maximum Gasteiger partial charge on any atom is 0.243 e. The highest BCUT2D eigenvalue weighted by atomic mass is 35.5. The van der Waals surface area contributed by atoms with Gasteiger partial charge in [0.1, 0.15) is 0 Å². The summed E-state index contributed by atoms with van der Waals surface area (Å²) in [4.78, 5) is 2.39. The zero-order valence-corrected chi connectivity index (χ0v) is 34.8. The van der Waals surface area contributed by atoms with E-state index in [0.29, 0.717) is 37.0 Å². The number of sulfonamides is 1. The molecule has 0 amide bonds. The first kappa shape index (κ1) is 43.7. The lowest BCUT2D eigenvalue weighted by Crippen LogP contribution is -2.44. The number of anilines is 1. The van der Waals surface area contributed by atoms with Crippen LogP contribution >= 0.6 is 11.6 Å². The monoisotopic (exact) mass is 803 g/mol. The molecule has 304 valence electrons. The molecule has 2 fully saturated rings. The molecule has 5 aromatic rings. The summed E-state index contributed by atoms with van der Waals surface area (Å²) in [6.07, 6.45) is 0. The van der Waals surface area contributed by atoms with Crippen LogP contribution in [0.15, 0.2) is 95.9 Å². The van der Waals surface area contributed by atoms with E-state index in [0.717, 1.165) is 95.0 Å². The highest BCUT2D eigenvalue weighted by Gasteiger charge is 2.26. The summed E-state index contributed by atoms with van der Waals surface area (Å²) >= 11 is 6.08. The van der Waals surface area contributed by atoms with Gasteiger partial charge in [0.15, 0.2) is 0 Å². The number of nitrogens with zero attached hydrogens (tertiary/aromatic N) is 2. The lowest BCUT2D eigenvalue weighted by Gasteiger charge is -2.25. The van der Waals surface area contributed by atoms with E-state index in [2.05, 4.69) is 91.8 Å². The summed E-state index contributed by atoms with van der Waals surface area (Å²) in [5, 5.41) is 30.2. The van der Waals surface area contributed by atoms with Gasteiger partial charge in [-0.3, -0.25) is 0 Å². The average Bonchev–Trinajstić information content (AvgIpc) is 3.20. The molecule has 0 aliphatic carbocycles. The first-order valence-electron chi connectivity index (χ1n) is 20.0. The van der Waals surface area contributed by atoms with Crippen molar-refractivity contribution in [3.63, 3.8) is 0 Å². The average molecular weight is 805 g/mol. The molecule has 7 rings (SSSR count). The zero-order valence-electron chi connectivity index (χ0n) is 33.2. The molecule has 2 saturated heterocycles. The van der Waals surface area contributed by atoms with Crippen LogP contribution in [0.5, 0.6) is 0 Å². The minimum atomic E-state index is -3.60. The van der Waals surface area contributed by atoms with Crippen molar-refractivity contribution >= 4 is 59.6 Å². The molecule has 7 N–H and O–H groups in total. The normalized spacial score (nSPS) is 17.5. The van der Waals surface area contributed by atoms with E-state index in [1.165, 1.54) is 27.1 Å². The Morgan fingerprint density at radius 1 is 0.518 bits per heavy atom. The second kappa shape index (κ2) is 23.7. The fourth-order valence-electron chi connectivity index (χ4n) is 6.97. The van der Waals surface area contributed by atoms with Crippen LogP contribution in [-0.4, -0.2) is 132 Å². The molecule has 11 nitrogen and oxygen atoms in total. The van der Waals surface area contributed by atoms with Gasteiger partial charge in [-0.2, -0.15) is 4.31 Å². The summed E-state index contributed by atoms with van der Waals surface area (Å²) in [6.45, 7) is 14.2. The number of hydrogen-bond acceptors (Lipinski definition) is 10. The summed E-state index contributed by atoms with van der Waals surface area (Å²) in [5.41, 5.74) is 2.24. The van der Waals surface area contributed by atoms with Gasteiger partial charge in [0.25, 0.3) is 0 Å². The summed E-state index contributed by atoms with van der Waals surface area (Å²) in [7, 11) is 0.341. The maximum atomic E-state index is 13.5. The lowest BCUT2D eigenvalue weighted by molar-refractivity contribution is 0.393. The Morgan fingerprint density at radius 3 is 1.36 bits per heavy atom. The number of benzene rings is 5. The molecular formula is C43H62ClN9O2S. The molecule has 13 heteroatoms. The van der Waals surface area contributed by atoms with Crippen LogP contribution < -0.4 is 42.1 Å². The van der Waals surface area contributed by atoms with E-state index in [1.54, 1.807) is 10.4 Å². The molecule has 0 unspecified atom stereocenters. The van der Waals surface area contributed by atoms with Crippen molar-refractivity contribution in [2.24, 2.45) is 0 Å². The Bertz CT molecular complexity index is 1920. The van der Waals surface area contributed by atoms with Crippen LogP contribution in [0.3, 0.4) is 0 Å². The third-order valence-corrected chi connectivity index (χ3v) is 12.1. The Morgan fingerprint density at radius 2 is 0.911 bits per heavy atom. The van der Waals surface area contributed by atoms with Crippen LogP contribution in [0.2, 0.25) is 0 Å². The first-order chi connectivity index (χ1) is 27.4. The highest BCUT2D eigenvalue weighted by molar-refractivity contribution is 7.89. The number of halogens is 1. The second-order valence-corrected chi connectivity index (χ2v) is 16.3. The molecule has 0 radical (unpaired) electrons. The zero-order chi connectivity index (χ0) is 39.4. The lowest BCUT2D eigenvalue weighted by atomic mass is 9.98.